The number of nitro benzene ring substituents is 1. The number of carbonyl (C=O) groups is 1. The summed E-state index contributed by atoms with van der Waals surface area (Å²) >= 11 is 1.17. The van der Waals surface area contributed by atoms with Gasteiger partial charge < -0.3 is 9.30 Å². The first-order chi connectivity index (χ1) is 16.2. The summed E-state index contributed by atoms with van der Waals surface area (Å²) < 4.78 is 34.6. The predicted molar refractivity (Wildman–Crippen MR) is 127 cm³/mol. The summed E-state index contributed by atoms with van der Waals surface area (Å²) in [6.45, 7) is 3.22. The average Bonchev–Trinajstić information content (AvgIpc) is 3.61. The zero-order valence-electron chi connectivity index (χ0n) is 18.7. The minimum absolute atomic E-state index is 0.0391. The zero-order chi connectivity index (χ0) is 24.5. The lowest BCUT2D eigenvalue weighted by Gasteiger charge is -2.16. The van der Waals surface area contributed by atoms with Crippen LogP contribution in [0.1, 0.15) is 30.1 Å². The standard InChI is InChI=1S/C22H24N4O6S2/c1-3-32-13-12-25-19-11-8-17(26(28)29)14-20(19)33-22(25)23-21(27)15-4-9-18(10-5-15)34(30,31)24(2)16-6-7-16/h4-5,8-11,14,16H,3,6-7,12-13H2,1-2H3. The molecule has 12 heteroatoms. The molecule has 0 radical (unpaired) electrons. The van der Waals surface area contributed by atoms with Gasteiger partial charge in [0.1, 0.15) is 0 Å². The number of amides is 1. The lowest BCUT2D eigenvalue weighted by molar-refractivity contribution is -0.384. The Morgan fingerprint density at radius 3 is 2.59 bits per heavy atom. The molecule has 34 heavy (non-hydrogen) atoms. The fraction of sp³-hybridized carbons (Fsp3) is 0.364. The Morgan fingerprint density at radius 1 is 1.26 bits per heavy atom. The van der Waals surface area contributed by atoms with Crippen molar-refractivity contribution in [3.05, 3.63) is 62.9 Å². The van der Waals surface area contributed by atoms with Crippen molar-refractivity contribution < 1.29 is 22.9 Å². The third-order valence-corrected chi connectivity index (χ3v) is 8.54. The largest absolute Gasteiger partial charge is 0.380 e. The quantitative estimate of drug-likeness (QED) is 0.250. The molecule has 1 aliphatic carbocycles. The van der Waals surface area contributed by atoms with Gasteiger partial charge in [0.15, 0.2) is 4.80 Å². The number of non-ortho nitro benzene ring substituents is 1. The van der Waals surface area contributed by atoms with Crippen LogP contribution in [0.15, 0.2) is 52.4 Å². The number of aromatic nitrogens is 1. The summed E-state index contributed by atoms with van der Waals surface area (Å²) in [4.78, 5) is 28.3. The van der Waals surface area contributed by atoms with Crippen LogP contribution < -0.4 is 4.80 Å². The van der Waals surface area contributed by atoms with Crippen LogP contribution in [0.2, 0.25) is 0 Å². The van der Waals surface area contributed by atoms with Crippen LogP contribution in [-0.4, -0.2) is 54.4 Å². The highest BCUT2D eigenvalue weighted by atomic mass is 32.2. The minimum atomic E-state index is -3.60. The molecule has 1 fully saturated rings. The van der Waals surface area contributed by atoms with Crippen molar-refractivity contribution in [2.45, 2.75) is 37.2 Å². The predicted octanol–water partition coefficient (Wildman–Crippen LogP) is 3.17. The maximum Gasteiger partial charge on any atom is 0.279 e. The second kappa shape index (κ2) is 9.74. The third-order valence-electron chi connectivity index (χ3n) is 5.58. The first-order valence-electron chi connectivity index (χ1n) is 10.7. The number of thiazole rings is 1. The normalized spacial score (nSPS) is 14.7. The fourth-order valence-corrected chi connectivity index (χ4v) is 6.00. The summed E-state index contributed by atoms with van der Waals surface area (Å²) in [6, 6.07) is 10.3. The highest BCUT2D eigenvalue weighted by Crippen LogP contribution is 2.30. The summed E-state index contributed by atoms with van der Waals surface area (Å²) in [5, 5.41) is 11.2. The first kappa shape index (κ1) is 24.2. The van der Waals surface area contributed by atoms with Crippen molar-refractivity contribution in [1.82, 2.24) is 8.87 Å². The second-order valence-electron chi connectivity index (χ2n) is 7.84. The van der Waals surface area contributed by atoms with Crippen LogP contribution in [0.3, 0.4) is 0 Å². The van der Waals surface area contributed by atoms with E-state index in [0.29, 0.717) is 34.8 Å². The number of carbonyl (C=O) groups excluding carboxylic acids is 1. The topological polar surface area (TPSA) is 124 Å². The van der Waals surface area contributed by atoms with Gasteiger partial charge in [-0.3, -0.25) is 14.9 Å². The van der Waals surface area contributed by atoms with Gasteiger partial charge in [-0.2, -0.15) is 9.30 Å². The van der Waals surface area contributed by atoms with E-state index in [4.69, 9.17) is 4.74 Å². The van der Waals surface area contributed by atoms with Gasteiger partial charge in [-0.1, -0.05) is 11.3 Å². The van der Waals surface area contributed by atoms with E-state index in [0.717, 1.165) is 12.8 Å². The van der Waals surface area contributed by atoms with Crippen LogP contribution in [0.5, 0.6) is 0 Å². The molecule has 1 aliphatic rings. The fourth-order valence-electron chi connectivity index (χ4n) is 3.50. The van der Waals surface area contributed by atoms with E-state index in [9.17, 15) is 23.3 Å². The first-order valence-corrected chi connectivity index (χ1v) is 13.0. The Balaban J connectivity index is 1.67. The van der Waals surface area contributed by atoms with Gasteiger partial charge >= 0.3 is 0 Å². The van der Waals surface area contributed by atoms with Crippen LogP contribution in [-0.2, 0) is 21.3 Å². The number of hydrogen-bond donors (Lipinski definition) is 0. The molecule has 0 aliphatic heterocycles. The smallest absolute Gasteiger partial charge is 0.279 e. The van der Waals surface area contributed by atoms with Gasteiger partial charge in [-0.05, 0) is 50.1 Å². The molecule has 1 saturated carbocycles. The maximum atomic E-state index is 12.9. The number of fused-ring (bicyclic) bond motifs is 1. The van der Waals surface area contributed by atoms with E-state index in [1.165, 1.54) is 52.0 Å². The summed E-state index contributed by atoms with van der Waals surface area (Å²) in [7, 11) is -2.04. The third kappa shape index (κ3) is 4.94. The van der Waals surface area contributed by atoms with Crippen LogP contribution in [0.25, 0.3) is 10.2 Å². The Kier molecular flexibility index (Phi) is 6.94. The Labute approximate surface area is 200 Å². The van der Waals surface area contributed by atoms with Crippen LogP contribution in [0.4, 0.5) is 5.69 Å². The summed E-state index contributed by atoms with van der Waals surface area (Å²) in [6.07, 6.45) is 1.71. The van der Waals surface area contributed by atoms with Crippen LogP contribution >= 0.6 is 11.3 Å². The molecule has 0 spiro atoms. The number of nitro groups is 1. The molecule has 0 N–H and O–H groups in total. The van der Waals surface area contributed by atoms with E-state index < -0.39 is 20.9 Å². The SMILES string of the molecule is CCOCCn1c(=NC(=O)c2ccc(S(=O)(=O)N(C)C3CC3)cc2)sc2cc([N+](=O)[O-])ccc21. The van der Waals surface area contributed by atoms with Crippen LogP contribution in [0, 0.1) is 10.1 Å². The molecule has 1 amide bonds. The summed E-state index contributed by atoms with van der Waals surface area (Å²) in [5.41, 5.74) is 0.913. The number of rotatable bonds is 9. The molecule has 2 aromatic carbocycles. The molecule has 1 heterocycles. The van der Waals surface area contributed by atoms with Crippen molar-refractivity contribution in [2.75, 3.05) is 20.3 Å². The van der Waals surface area contributed by atoms with E-state index in [1.54, 1.807) is 17.7 Å². The van der Waals surface area contributed by atoms with E-state index in [-0.39, 0.29) is 22.2 Å². The summed E-state index contributed by atoms with van der Waals surface area (Å²) in [5.74, 6) is -0.536. The molecule has 0 atom stereocenters. The molecule has 180 valence electrons. The molecule has 0 saturated heterocycles. The zero-order valence-corrected chi connectivity index (χ0v) is 20.3. The van der Waals surface area contributed by atoms with Gasteiger partial charge in [-0.25, -0.2) is 8.42 Å². The molecule has 4 rings (SSSR count). The number of sulfonamides is 1. The molecular weight excluding hydrogens is 480 g/mol. The molecule has 1 aromatic heterocycles. The van der Waals surface area contributed by atoms with Crippen molar-refractivity contribution >= 4 is 43.2 Å². The Bertz CT molecular complexity index is 1410. The lowest BCUT2D eigenvalue weighted by Crippen LogP contribution is -2.28. The molecule has 0 unspecified atom stereocenters. The van der Waals surface area contributed by atoms with Crippen molar-refractivity contribution in [3.63, 3.8) is 0 Å². The highest BCUT2D eigenvalue weighted by molar-refractivity contribution is 7.89. The van der Waals surface area contributed by atoms with Gasteiger partial charge in [0.05, 0.1) is 26.6 Å². The molecule has 0 bridgehead atoms. The second-order valence-corrected chi connectivity index (χ2v) is 10.8. The van der Waals surface area contributed by atoms with Crippen molar-refractivity contribution in [3.8, 4) is 0 Å². The molecule has 10 nitrogen and oxygen atoms in total. The number of benzene rings is 2. The number of hydrogen-bond acceptors (Lipinski definition) is 7. The lowest BCUT2D eigenvalue weighted by atomic mass is 10.2. The highest BCUT2D eigenvalue weighted by Gasteiger charge is 2.35. The molecular formula is C22H24N4O6S2. The Hall–Kier alpha value is -2.93. The number of nitrogens with zero attached hydrogens (tertiary/aromatic N) is 4. The van der Waals surface area contributed by atoms with E-state index >= 15 is 0 Å². The Morgan fingerprint density at radius 2 is 1.97 bits per heavy atom. The van der Waals surface area contributed by atoms with Gasteiger partial charge in [0, 0.05) is 43.9 Å². The van der Waals surface area contributed by atoms with Gasteiger partial charge in [-0.15, -0.1) is 0 Å². The average molecular weight is 505 g/mol. The van der Waals surface area contributed by atoms with Gasteiger partial charge in [0.2, 0.25) is 10.0 Å². The maximum absolute atomic E-state index is 12.9. The number of ether oxygens (including phenoxy) is 1. The van der Waals surface area contributed by atoms with E-state index in [1.807, 2.05) is 6.92 Å². The van der Waals surface area contributed by atoms with E-state index in [2.05, 4.69) is 4.99 Å². The molecule has 3 aromatic rings. The monoisotopic (exact) mass is 504 g/mol. The van der Waals surface area contributed by atoms with Gasteiger partial charge in [0.25, 0.3) is 11.6 Å². The van der Waals surface area contributed by atoms with Crippen molar-refractivity contribution in [1.29, 1.82) is 0 Å². The van der Waals surface area contributed by atoms with Crippen molar-refractivity contribution in [2.24, 2.45) is 4.99 Å². The minimum Gasteiger partial charge on any atom is -0.380 e.